The monoisotopic (exact) mass is 265 g/mol. The molecule has 1 unspecified atom stereocenters. The number of hydrogen-bond donors (Lipinski definition) is 1. The van der Waals surface area contributed by atoms with Gasteiger partial charge in [-0.25, -0.2) is 4.39 Å². The summed E-state index contributed by atoms with van der Waals surface area (Å²) in [6.45, 7) is 6.58. The van der Waals surface area contributed by atoms with E-state index in [1.54, 1.807) is 6.07 Å². The number of rotatable bonds is 5. The molecule has 1 fully saturated rings. The molecule has 0 aliphatic carbocycles. The van der Waals surface area contributed by atoms with Crippen LogP contribution in [0, 0.1) is 18.7 Å². The van der Waals surface area contributed by atoms with Crippen LogP contribution < -0.4 is 5.32 Å². The van der Waals surface area contributed by atoms with Gasteiger partial charge in [0.15, 0.2) is 0 Å². The number of halogens is 1. The van der Waals surface area contributed by atoms with Gasteiger partial charge in [-0.2, -0.15) is 0 Å². The van der Waals surface area contributed by atoms with Gasteiger partial charge in [0.1, 0.15) is 5.82 Å². The van der Waals surface area contributed by atoms with E-state index in [1.165, 1.54) is 0 Å². The fourth-order valence-corrected chi connectivity index (χ4v) is 2.76. The summed E-state index contributed by atoms with van der Waals surface area (Å²) < 4.78 is 19.6. The first-order chi connectivity index (χ1) is 9.22. The third kappa shape index (κ3) is 3.77. The molecule has 1 heterocycles. The normalized spacial score (nSPS) is 18.5. The summed E-state index contributed by atoms with van der Waals surface area (Å²) in [5.74, 6) is 0.387. The van der Waals surface area contributed by atoms with E-state index >= 15 is 0 Å². The summed E-state index contributed by atoms with van der Waals surface area (Å²) in [7, 11) is 0. The van der Waals surface area contributed by atoms with Gasteiger partial charge in [-0.15, -0.1) is 0 Å². The molecule has 0 saturated carbocycles. The minimum absolute atomic E-state index is 0.0832. The number of ether oxygens (including phenoxy) is 1. The molecule has 1 atom stereocenters. The van der Waals surface area contributed by atoms with Gasteiger partial charge in [-0.3, -0.25) is 0 Å². The van der Waals surface area contributed by atoms with E-state index in [2.05, 4.69) is 12.2 Å². The third-order valence-corrected chi connectivity index (χ3v) is 3.84. The van der Waals surface area contributed by atoms with E-state index in [4.69, 9.17) is 4.74 Å². The van der Waals surface area contributed by atoms with Gasteiger partial charge in [0.25, 0.3) is 0 Å². The zero-order chi connectivity index (χ0) is 13.7. The lowest BCUT2D eigenvalue weighted by Crippen LogP contribution is -2.33. The van der Waals surface area contributed by atoms with Crippen molar-refractivity contribution >= 4 is 0 Å². The fraction of sp³-hybridized carbons (Fsp3) is 0.625. The largest absolute Gasteiger partial charge is 0.381 e. The third-order valence-electron chi connectivity index (χ3n) is 3.84. The van der Waals surface area contributed by atoms with E-state index in [9.17, 15) is 4.39 Å². The highest BCUT2D eigenvalue weighted by molar-refractivity contribution is 5.26. The Hall–Kier alpha value is -0.930. The van der Waals surface area contributed by atoms with Crippen molar-refractivity contribution < 1.29 is 9.13 Å². The molecule has 1 aromatic carbocycles. The molecule has 0 radical (unpaired) electrons. The van der Waals surface area contributed by atoms with Crippen molar-refractivity contribution in [3.63, 3.8) is 0 Å². The van der Waals surface area contributed by atoms with Gasteiger partial charge in [0, 0.05) is 24.8 Å². The summed E-state index contributed by atoms with van der Waals surface area (Å²) >= 11 is 0. The lowest BCUT2D eigenvalue weighted by Gasteiger charge is -2.31. The fourth-order valence-electron chi connectivity index (χ4n) is 2.76. The van der Waals surface area contributed by atoms with Crippen LogP contribution in [-0.2, 0) is 4.74 Å². The molecule has 2 rings (SSSR count). The van der Waals surface area contributed by atoms with E-state index in [-0.39, 0.29) is 11.9 Å². The maximum atomic E-state index is 14.2. The van der Waals surface area contributed by atoms with E-state index in [1.807, 2.05) is 19.1 Å². The molecule has 2 nitrogen and oxygen atoms in total. The Kier molecular flexibility index (Phi) is 5.34. The molecule has 106 valence electrons. The Bertz CT molecular complexity index is 402. The zero-order valence-corrected chi connectivity index (χ0v) is 11.9. The van der Waals surface area contributed by atoms with Crippen molar-refractivity contribution in [2.75, 3.05) is 19.8 Å². The molecule has 1 aliphatic heterocycles. The molecule has 19 heavy (non-hydrogen) atoms. The average molecular weight is 265 g/mol. The first-order valence-corrected chi connectivity index (χ1v) is 7.29. The van der Waals surface area contributed by atoms with E-state index in [0.29, 0.717) is 5.92 Å². The van der Waals surface area contributed by atoms with Crippen LogP contribution in [-0.4, -0.2) is 19.8 Å². The van der Waals surface area contributed by atoms with Gasteiger partial charge in [-0.1, -0.05) is 19.1 Å². The first-order valence-electron chi connectivity index (χ1n) is 7.29. The van der Waals surface area contributed by atoms with Crippen molar-refractivity contribution in [2.45, 2.75) is 39.2 Å². The Labute approximate surface area is 115 Å². The summed E-state index contributed by atoms with van der Waals surface area (Å²) in [5, 5.41) is 3.52. The maximum absolute atomic E-state index is 14.2. The smallest absolute Gasteiger partial charge is 0.128 e. The summed E-state index contributed by atoms with van der Waals surface area (Å²) in [6, 6.07) is 5.69. The van der Waals surface area contributed by atoms with Gasteiger partial charge in [-0.05, 0) is 50.3 Å². The van der Waals surface area contributed by atoms with E-state index in [0.717, 1.165) is 50.1 Å². The van der Waals surface area contributed by atoms with Gasteiger partial charge < -0.3 is 10.1 Å². The van der Waals surface area contributed by atoms with Gasteiger partial charge in [0.05, 0.1) is 0 Å². The van der Waals surface area contributed by atoms with Crippen LogP contribution in [0.4, 0.5) is 4.39 Å². The number of aryl methyl sites for hydroxylation is 1. The summed E-state index contributed by atoms with van der Waals surface area (Å²) in [6.07, 6.45) is 3.08. The quantitative estimate of drug-likeness (QED) is 0.878. The van der Waals surface area contributed by atoms with Crippen LogP contribution in [0.5, 0.6) is 0 Å². The molecule has 0 amide bonds. The highest BCUT2D eigenvalue weighted by atomic mass is 19.1. The van der Waals surface area contributed by atoms with Crippen LogP contribution in [0.3, 0.4) is 0 Å². The highest BCUT2D eigenvalue weighted by Gasteiger charge is 2.26. The van der Waals surface area contributed by atoms with Crippen LogP contribution in [0.1, 0.15) is 43.4 Å². The van der Waals surface area contributed by atoms with Crippen molar-refractivity contribution in [1.29, 1.82) is 0 Å². The highest BCUT2D eigenvalue weighted by Crippen LogP contribution is 2.31. The summed E-state index contributed by atoms with van der Waals surface area (Å²) in [5.41, 5.74) is 1.79. The van der Waals surface area contributed by atoms with Gasteiger partial charge in [0.2, 0.25) is 0 Å². The Morgan fingerprint density at radius 1 is 1.37 bits per heavy atom. The minimum Gasteiger partial charge on any atom is -0.381 e. The Morgan fingerprint density at radius 3 is 2.74 bits per heavy atom. The first kappa shape index (κ1) is 14.5. The topological polar surface area (TPSA) is 21.3 Å². The lowest BCUT2D eigenvalue weighted by atomic mass is 9.86. The summed E-state index contributed by atoms with van der Waals surface area (Å²) in [4.78, 5) is 0. The Morgan fingerprint density at radius 2 is 2.11 bits per heavy atom. The molecule has 3 heteroatoms. The van der Waals surface area contributed by atoms with Crippen LogP contribution in [0.2, 0.25) is 0 Å². The van der Waals surface area contributed by atoms with Crippen molar-refractivity contribution in [1.82, 2.24) is 5.32 Å². The van der Waals surface area contributed by atoms with Crippen molar-refractivity contribution in [2.24, 2.45) is 5.92 Å². The molecular weight excluding hydrogens is 241 g/mol. The molecule has 1 aliphatic rings. The maximum Gasteiger partial charge on any atom is 0.128 e. The van der Waals surface area contributed by atoms with Gasteiger partial charge >= 0.3 is 0 Å². The van der Waals surface area contributed by atoms with Crippen molar-refractivity contribution in [3.05, 3.63) is 35.1 Å². The molecular formula is C16H24FNO. The Balaban J connectivity index is 2.19. The lowest BCUT2D eigenvalue weighted by molar-refractivity contribution is 0.0531. The number of nitrogens with one attached hydrogen (secondary N) is 1. The number of benzene rings is 1. The second-order valence-corrected chi connectivity index (χ2v) is 5.41. The van der Waals surface area contributed by atoms with Crippen molar-refractivity contribution in [3.8, 4) is 0 Å². The van der Waals surface area contributed by atoms with E-state index < -0.39 is 0 Å². The number of hydrogen-bond acceptors (Lipinski definition) is 2. The van der Waals surface area contributed by atoms with Crippen LogP contribution in [0.25, 0.3) is 0 Å². The second kappa shape index (κ2) is 7.01. The molecule has 0 aromatic heterocycles. The standard InChI is InChI=1S/C16H24FNO/c1-3-8-18-16(13-6-9-19-10-7-13)14-5-4-12(2)11-15(14)17/h4-5,11,13,16,18H,3,6-10H2,1-2H3. The molecule has 0 spiro atoms. The molecule has 0 bridgehead atoms. The van der Waals surface area contributed by atoms with Crippen LogP contribution in [0.15, 0.2) is 18.2 Å². The minimum atomic E-state index is -0.0832. The average Bonchev–Trinajstić information content (AvgIpc) is 2.42. The van der Waals surface area contributed by atoms with Crippen LogP contribution >= 0.6 is 0 Å². The molecule has 1 saturated heterocycles. The second-order valence-electron chi connectivity index (χ2n) is 5.41. The molecule has 1 aromatic rings. The predicted octanol–water partition coefficient (Wildman–Crippen LogP) is 3.60. The molecule has 1 N–H and O–H groups in total. The zero-order valence-electron chi connectivity index (χ0n) is 11.9. The SMILES string of the molecule is CCCNC(c1ccc(C)cc1F)C1CCOCC1. The predicted molar refractivity (Wildman–Crippen MR) is 75.7 cm³/mol.